The number of hydrogen-bond acceptors (Lipinski definition) is 6. The van der Waals surface area contributed by atoms with Crippen LogP contribution in [0.25, 0.3) is 11.1 Å². The van der Waals surface area contributed by atoms with Gasteiger partial charge in [0.25, 0.3) is 0 Å². The van der Waals surface area contributed by atoms with E-state index in [4.69, 9.17) is 16.7 Å². The quantitative estimate of drug-likeness (QED) is 0.456. The van der Waals surface area contributed by atoms with E-state index >= 15 is 0 Å². The molecule has 1 heterocycles. The molecule has 1 aromatic heterocycles. The third-order valence-corrected chi connectivity index (χ3v) is 5.61. The smallest absolute Gasteiger partial charge is 0.345 e. The number of halogens is 4. The zero-order valence-electron chi connectivity index (χ0n) is 16.7. The fourth-order valence-electron chi connectivity index (χ4n) is 2.83. The maximum absolute atomic E-state index is 12.4. The minimum absolute atomic E-state index is 0.0354. The molecule has 2 aromatic carbocycles. The van der Waals surface area contributed by atoms with Crippen molar-refractivity contribution in [1.29, 1.82) is 0 Å². The van der Waals surface area contributed by atoms with Crippen LogP contribution in [0.2, 0.25) is 5.02 Å². The van der Waals surface area contributed by atoms with Gasteiger partial charge in [0.1, 0.15) is 6.54 Å². The van der Waals surface area contributed by atoms with Gasteiger partial charge < -0.3 is 10.6 Å². The van der Waals surface area contributed by atoms with Gasteiger partial charge in [-0.15, -0.1) is 0 Å². The van der Waals surface area contributed by atoms with Crippen LogP contribution in [0.4, 0.5) is 24.8 Å². The summed E-state index contributed by atoms with van der Waals surface area (Å²) in [5.74, 6) is -0.712. The predicted octanol–water partition coefficient (Wildman–Crippen LogP) is 3.60. The molecule has 3 rings (SSSR count). The number of sulfonamides is 1. The average molecular weight is 500 g/mol. The molecular formula is C20H17ClF3N5O3S. The highest BCUT2D eigenvalue weighted by Gasteiger charge is 2.27. The molecule has 0 aliphatic carbocycles. The zero-order chi connectivity index (χ0) is 24.2. The van der Waals surface area contributed by atoms with Crippen LogP contribution in [-0.2, 0) is 21.2 Å². The van der Waals surface area contributed by atoms with Crippen LogP contribution >= 0.6 is 11.6 Å². The summed E-state index contributed by atoms with van der Waals surface area (Å²) >= 11 is 6.05. The number of nitrogens with two attached hydrogens (primary N) is 1. The fourth-order valence-corrected chi connectivity index (χ4v) is 3.82. The van der Waals surface area contributed by atoms with Gasteiger partial charge in [0.05, 0.1) is 11.3 Å². The molecule has 0 aliphatic rings. The van der Waals surface area contributed by atoms with Crippen molar-refractivity contribution in [3.63, 3.8) is 0 Å². The van der Waals surface area contributed by atoms with Crippen LogP contribution in [0, 0.1) is 0 Å². The standard InChI is InChI=1S/C20H17ClF3N5O3S/c21-16-4-2-1-3-12(16)7-18(30)29-14-5-6-15(17(8-14)33(25,31)32)13-9-26-19(27-10-13)28-11-20(22,23)24/h1-6,8-10H,7,11H2,(H,29,30)(H2,25,31,32)(H,26,27,28). The fraction of sp³-hybridized carbons (Fsp3) is 0.150. The number of primary sulfonamides is 1. The van der Waals surface area contributed by atoms with E-state index in [0.717, 1.165) is 12.4 Å². The summed E-state index contributed by atoms with van der Waals surface area (Å²) in [5.41, 5.74) is 1.08. The van der Waals surface area contributed by atoms with Crippen molar-refractivity contribution in [3.05, 3.63) is 65.4 Å². The lowest BCUT2D eigenvalue weighted by Crippen LogP contribution is -2.22. The maximum Gasteiger partial charge on any atom is 0.405 e. The van der Waals surface area contributed by atoms with Gasteiger partial charge in [0.2, 0.25) is 21.9 Å². The topological polar surface area (TPSA) is 127 Å². The summed E-state index contributed by atoms with van der Waals surface area (Å²) in [6.45, 7) is -1.32. The molecule has 1 amide bonds. The van der Waals surface area contributed by atoms with Crippen molar-refractivity contribution in [1.82, 2.24) is 9.97 Å². The molecule has 3 aromatic rings. The predicted molar refractivity (Wildman–Crippen MR) is 117 cm³/mol. The van der Waals surface area contributed by atoms with E-state index in [2.05, 4.69) is 15.3 Å². The van der Waals surface area contributed by atoms with E-state index in [9.17, 15) is 26.4 Å². The van der Waals surface area contributed by atoms with Gasteiger partial charge in [-0.2, -0.15) is 13.2 Å². The van der Waals surface area contributed by atoms with E-state index in [-0.39, 0.29) is 34.1 Å². The van der Waals surface area contributed by atoms with Crippen molar-refractivity contribution in [3.8, 4) is 11.1 Å². The number of benzene rings is 2. The maximum atomic E-state index is 12.4. The molecule has 0 aliphatic heterocycles. The molecule has 0 radical (unpaired) electrons. The number of alkyl halides is 3. The summed E-state index contributed by atoms with van der Waals surface area (Å²) in [6, 6.07) is 10.8. The second-order valence-corrected chi connectivity index (χ2v) is 8.77. The summed E-state index contributed by atoms with van der Waals surface area (Å²) in [5, 5.41) is 10.3. The Hall–Kier alpha value is -3.22. The molecular weight excluding hydrogens is 483 g/mol. The molecule has 0 saturated heterocycles. The average Bonchev–Trinajstić information content (AvgIpc) is 2.73. The summed E-state index contributed by atoms with van der Waals surface area (Å²) in [7, 11) is -4.24. The van der Waals surface area contributed by atoms with E-state index in [1.807, 2.05) is 5.32 Å². The summed E-state index contributed by atoms with van der Waals surface area (Å²) in [4.78, 5) is 19.6. The minimum atomic E-state index is -4.45. The van der Waals surface area contributed by atoms with Gasteiger partial charge in [-0.3, -0.25) is 4.79 Å². The third kappa shape index (κ3) is 6.88. The number of anilines is 2. The van der Waals surface area contributed by atoms with Gasteiger partial charge in [0, 0.05) is 34.2 Å². The largest absolute Gasteiger partial charge is 0.405 e. The van der Waals surface area contributed by atoms with Crippen molar-refractivity contribution in [2.24, 2.45) is 5.14 Å². The normalized spacial score (nSPS) is 11.8. The molecule has 0 atom stereocenters. The third-order valence-electron chi connectivity index (χ3n) is 4.29. The van der Waals surface area contributed by atoms with Crippen molar-refractivity contribution in [2.75, 3.05) is 17.2 Å². The highest BCUT2D eigenvalue weighted by molar-refractivity contribution is 7.89. The van der Waals surface area contributed by atoms with Crippen LogP contribution in [0.5, 0.6) is 0 Å². The first-order valence-corrected chi connectivity index (χ1v) is 11.2. The molecule has 8 nitrogen and oxygen atoms in total. The first-order chi connectivity index (χ1) is 15.4. The van der Waals surface area contributed by atoms with Crippen molar-refractivity contribution >= 4 is 39.2 Å². The first kappa shape index (κ1) is 24.4. The molecule has 4 N–H and O–H groups in total. The summed E-state index contributed by atoms with van der Waals surface area (Å²) < 4.78 is 61.2. The number of aromatic nitrogens is 2. The van der Waals surface area contributed by atoms with Crippen molar-refractivity contribution in [2.45, 2.75) is 17.5 Å². The van der Waals surface area contributed by atoms with Crippen LogP contribution < -0.4 is 15.8 Å². The Bertz CT molecular complexity index is 1270. The highest BCUT2D eigenvalue weighted by Crippen LogP contribution is 2.29. The number of rotatable bonds is 7. The lowest BCUT2D eigenvalue weighted by molar-refractivity contribution is -0.116. The number of nitrogens with one attached hydrogen (secondary N) is 2. The first-order valence-electron chi connectivity index (χ1n) is 9.25. The number of amides is 1. The van der Waals surface area contributed by atoms with Crippen LogP contribution in [-0.4, -0.2) is 37.0 Å². The zero-order valence-corrected chi connectivity index (χ0v) is 18.3. The van der Waals surface area contributed by atoms with Gasteiger partial charge in [-0.25, -0.2) is 23.5 Å². The van der Waals surface area contributed by atoms with Gasteiger partial charge in [-0.05, 0) is 23.8 Å². The van der Waals surface area contributed by atoms with Gasteiger partial charge in [0.15, 0.2) is 0 Å². The molecule has 0 spiro atoms. The molecule has 0 fully saturated rings. The molecule has 174 valence electrons. The van der Waals surface area contributed by atoms with Gasteiger partial charge >= 0.3 is 6.18 Å². The molecule has 0 saturated carbocycles. The number of nitrogens with zero attached hydrogens (tertiary/aromatic N) is 2. The molecule has 13 heteroatoms. The van der Waals surface area contributed by atoms with Crippen molar-refractivity contribution < 1.29 is 26.4 Å². The summed E-state index contributed by atoms with van der Waals surface area (Å²) in [6.07, 6.45) is -2.17. The lowest BCUT2D eigenvalue weighted by atomic mass is 10.1. The number of hydrogen-bond donors (Lipinski definition) is 3. The SMILES string of the molecule is NS(=O)(=O)c1cc(NC(=O)Cc2ccccc2Cl)ccc1-c1cnc(NCC(F)(F)F)nc1. The Labute approximate surface area is 192 Å². The Kier molecular flexibility index (Phi) is 7.20. The monoisotopic (exact) mass is 499 g/mol. The van der Waals surface area contributed by atoms with E-state index in [0.29, 0.717) is 10.6 Å². The van der Waals surface area contributed by atoms with E-state index < -0.39 is 28.7 Å². The minimum Gasteiger partial charge on any atom is -0.345 e. The van der Waals surface area contributed by atoms with Crippen LogP contribution in [0.15, 0.2) is 59.8 Å². The van der Waals surface area contributed by atoms with Crippen LogP contribution in [0.3, 0.4) is 0 Å². The number of carbonyl (C=O) groups is 1. The second kappa shape index (κ2) is 9.73. The van der Waals surface area contributed by atoms with E-state index in [1.165, 1.54) is 18.2 Å². The number of carbonyl (C=O) groups excluding carboxylic acids is 1. The molecule has 33 heavy (non-hydrogen) atoms. The Morgan fingerprint density at radius 1 is 1.09 bits per heavy atom. The Morgan fingerprint density at radius 3 is 2.36 bits per heavy atom. The van der Waals surface area contributed by atoms with Crippen LogP contribution in [0.1, 0.15) is 5.56 Å². The van der Waals surface area contributed by atoms with E-state index in [1.54, 1.807) is 24.3 Å². The van der Waals surface area contributed by atoms with Gasteiger partial charge in [-0.1, -0.05) is 35.9 Å². The second-order valence-electron chi connectivity index (χ2n) is 6.84. The Balaban J connectivity index is 1.83. The highest BCUT2D eigenvalue weighted by atomic mass is 35.5. The molecule has 0 unspecified atom stereocenters. The lowest BCUT2D eigenvalue weighted by Gasteiger charge is -2.12. The Morgan fingerprint density at radius 2 is 1.76 bits per heavy atom. The molecule has 0 bridgehead atoms.